The van der Waals surface area contributed by atoms with Crippen LogP contribution >= 0.6 is 0 Å². The summed E-state index contributed by atoms with van der Waals surface area (Å²) in [5.74, 6) is 0.909. The maximum absolute atomic E-state index is 5.69. The molecule has 0 bridgehead atoms. The van der Waals surface area contributed by atoms with Crippen molar-refractivity contribution in [1.82, 2.24) is 0 Å². The molecule has 2 aromatic carbocycles. The highest BCUT2D eigenvalue weighted by atomic mass is 16.5. The minimum absolute atomic E-state index is 0.572. The van der Waals surface area contributed by atoms with Gasteiger partial charge in [0.2, 0.25) is 0 Å². The molecular weight excluding hydrogens is 236 g/mol. The first kappa shape index (κ1) is 13.4. The molecule has 0 saturated heterocycles. The van der Waals surface area contributed by atoms with Gasteiger partial charge in [0.25, 0.3) is 0 Å². The Labute approximate surface area is 114 Å². The van der Waals surface area contributed by atoms with Gasteiger partial charge >= 0.3 is 0 Å². The molecule has 0 aliphatic carbocycles. The SMILES string of the molecule is CN(CCOc1ccccc1)c1cccc(CN)c1. The Kier molecular flexibility index (Phi) is 4.81. The Balaban J connectivity index is 1.85. The maximum atomic E-state index is 5.69. The van der Waals surface area contributed by atoms with Crippen molar-refractivity contribution in [3.63, 3.8) is 0 Å². The molecule has 0 aliphatic heterocycles. The molecule has 2 aromatic rings. The lowest BCUT2D eigenvalue weighted by molar-refractivity contribution is 0.326. The number of para-hydroxylation sites is 1. The molecule has 0 unspecified atom stereocenters. The van der Waals surface area contributed by atoms with Crippen molar-refractivity contribution in [2.75, 3.05) is 25.1 Å². The van der Waals surface area contributed by atoms with Crippen LogP contribution in [0.2, 0.25) is 0 Å². The highest BCUT2D eigenvalue weighted by Gasteiger charge is 2.02. The third kappa shape index (κ3) is 4.00. The van der Waals surface area contributed by atoms with E-state index in [0.29, 0.717) is 13.2 Å². The number of hydrogen-bond donors (Lipinski definition) is 1. The van der Waals surface area contributed by atoms with E-state index >= 15 is 0 Å². The Hall–Kier alpha value is -2.00. The summed E-state index contributed by atoms with van der Waals surface area (Å²) in [5, 5.41) is 0. The van der Waals surface area contributed by atoms with Crippen LogP contribution in [0.15, 0.2) is 54.6 Å². The minimum atomic E-state index is 0.572. The van der Waals surface area contributed by atoms with Crippen molar-refractivity contribution in [1.29, 1.82) is 0 Å². The zero-order valence-electron chi connectivity index (χ0n) is 11.3. The Morgan fingerprint density at radius 1 is 1.05 bits per heavy atom. The van der Waals surface area contributed by atoms with Crippen LogP contribution in [0.5, 0.6) is 5.75 Å². The van der Waals surface area contributed by atoms with Crippen LogP contribution in [0.1, 0.15) is 5.56 Å². The number of anilines is 1. The van der Waals surface area contributed by atoms with Gasteiger partial charge in [0.05, 0.1) is 6.54 Å². The van der Waals surface area contributed by atoms with E-state index in [9.17, 15) is 0 Å². The van der Waals surface area contributed by atoms with Crippen LogP contribution in [0.3, 0.4) is 0 Å². The molecule has 0 aromatic heterocycles. The van der Waals surface area contributed by atoms with Crippen LogP contribution < -0.4 is 15.4 Å². The van der Waals surface area contributed by atoms with Crippen LogP contribution in [0, 0.1) is 0 Å². The third-order valence-electron chi connectivity index (χ3n) is 3.03. The molecule has 0 atom stereocenters. The molecule has 19 heavy (non-hydrogen) atoms. The Bertz CT molecular complexity index is 499. The first-order valence-electron chi connectivity index (χ1n) is 6.47. The molecular formula is C16H20N2O. The fraction of sp³-hybridized carbons (Fsp3) is 0.250. The highest BCUT2D eigenvalue weighted by molar-refractivity contribution is 5.47. The molecule has 2 rings (SSSR count). The van der Waals surface area contributed by atoms with Crippen molar-refractivity contribution in [2.45, 2.75) is 6.54 Å². The average molecular weight is 256 g/mol. The van der Waals surface area contributed by atoms with Crippen molar-refractivity contribution in [2.24, 2.45) is 5.73 Å². The van der Waals surface area contributed by atoms with E-state index in [1.807, 2.05) is 42.5 Å². The molecule has 0 heterocycles. The molecule has 100 valence electrons. The van der Waals surface area contributed by atoms with Gasteiger partial charge in [-0.25, -0.2) is 0 Å². The van der Waals surface area contributed by atoms with Gasteiger partial charge in [-0.1, -0.05) is 30.3 Å². The smallest absolute Gasteiger partial charge is 0.119 e. The highest BCUT2D eigenvalue weighted by Crippen LogP contribution is 2.14. The number of ether oxygens (including phenoxy) is 1. The summed E-state index contributed by atoms with van der Waals surface area (Å²) >= 11 is 0. The van der Waals surface area contributed by atoms with E-state index in [1.165, 1.54) is 5.69 Å². The summed E-state index contributed by atoms with van der Waals surface area (Å²) in [4.78, 5) is 2.17. The third-order valence-corrected chi connectivity index (χ3v) is 3.03. The predicted octanol–water partition coefficient (Wildman–Crippen LogP) is 2.66. The van der Waals surface area contributed by atoms with Crippen LogP contribution in [-0.2, 0) is 6.54 Å². The van der Waals surface area contributed by atoms with Crippen molar-refractivity contribution in [3.8, 4) is 5.75 Å². The summed E-state index contributed by atoms with van der Waals surface area (Å²) < 4.78 is 5.69. The number of hydrogen-bond acceptors (Lipinski definition) is 3. The van der Waals surface area contributed by atoms with Gasteiger partial charge in [-0.15, -0.1) is 0 Å². The zero-order valence-corrected chi connectivity index (χ0v) is 11.3. The normalized spacial score (nSPS) is 10.2. The fourth-order valence-electron chi connectivity index (χ4n) is 1.87. The number of rotatable bonds is 6. The summed E-state index contributed by atoms with van der Waals surface area (Å²) in [6.45, 7) is 2.07. The van der Waals surface area contributed by atoms with Gasteiger partial charge in [0, 0.05) is 19.3 Å². The molecule has 3 nitrogen and oxygen atoms in total. The molecule has 0 amide bonds. The van der Waals surface area contributed by atoms with Crippen molar-refractivity contribution >= 4 is 5.69 Å². The summed E-state index contributed by atoms with van der Waals surface area (Å²) in [6.07, 6.45) is 0. The summed E-state index contributed by atoms with van der Waals surface area (Å²) in [6, 6.07) is 18.1. The molecule has 0 spiro atoms. The van der Waals surface area contributed by atoms with E-state index in [2.05, 4.69) is 24.1 Å². The van der Waals surface area contributed by atoms with E-state index < -0.39 is 0 Å². The second kappa shape index (κ2) is 6.81. The van der Waals surface area contributed by atoms with E-state index in [-0.39, 0.29) is 0 Å². The van der Waals surface area contributed by atoms with Crippen LogP contribution in [0.25, 0.3) is 0 Å². The molecule has 0 aliphatic rings. The van der Waals surface area contributed by atoms with Crippen LogP contribution in [-0.4, -0.2) is 20.2 Å². The van der Waals surface area contributed by atoms with Crippen molar-refractivity contribution < 1.29 is 4.74 Å². The molecule has 0 fully saturated rings. The molecule has 0 saturated carbocycles. The monoisotopic (exact) mass is 256 g/mol. The van der Waals surface area contributed by atoms with Gasteiger partial charge in [0.15, 0.2) is 0 Å². The standard InChI is InChI=1S/C16H20N2O/c1-18(15-7-5-6-14(12-15)13-17)10-11-19-16-8-3-2-4-9-16/h2-9,12H,10-11,13,17H2,1H3. The fourth-order valence-corrected chi connectivity index (χ4v) is 1.87. The number of benzene rings is 2. The largest absolute Gasteiger partial charge is 0.492 e. The van der Waals surface area contributed by atoms with E-state index in [4.69, 9.17) is 10.5 Å². The zero-order chi connectivity index (χ0) is 13.5. The Morgan fingerprint density at radius 2 is 1.84 bits per heavy atom. The molecule has 3 heteroatoms. The molecule has 0 radical (unpaired) electrons. The summed E-state index contributed by atoms with van der Waals surface area (Å²) in [5.41, 5.74) is 7.96. The second-order valence-corrected chi connectivity index (χ2v) is 4.46. The van der Waals surface area contributed by atoms with Gasteiger partial charge in [0.1, 0.15) is 12.4 Å². The lowest BCUT2D eigenvalue weighted by atomic mass is 10.2. The first-order valence-corrected chi connectivity index (χ1v) is 6.47. The topological polar surface area (TPSA) is 38.5 Å². The average Bonchev–Trinajstić information content (AvgIpc) is 2.48. The minimum Gasteiger partial charge on any atom is -0.492 e. The van der Waals surface area contributed by atoms with Gasteiger partial charge < -0.3 is 15.4 Å². The second-order valence-electron chi connectivity index (χ2n) is 4.46. The van der Waals surface area contributed by atoms with Gasteiger partial charge in [-0.3, -0.25) is 0 Å². The number of likely N-dealkylation sites (N-methyl/N-ethyl adjacent to an activating group) is 1. The first-order chi connectivity index (χ1) is 9.29. The quantitative estimate of drug-likeness (QED) is 0.863. The maximum Gasteiger partial charge on any atom is 0.119 e. The molecule has 2 N–H and O–H groups in total. The van der Waals surface area contributed by atoms with Gasteiger partial charge in [-0.2, -0.15) is 0 Å². The predicted molar refractivity (Wildman–Crippen MR) is 79.5 cm³/mol. The summed E-state index contributed by atoms with van der Waals surface area (Å²) in [7, 11) is 2.06. The lowest BCUT2D eigenvalue weighted by Crippen LogP contribution is -2.23. The Morgan fingerprint density at radius 3 is 2.58 bits per heavy atom. The van der Waals surface area contributed by atoms with E-state index in [0.717, 1.165) is 17.9 Å². The lowest BCUT2D eigenvalue weighted by Gasteiger charge is -2.20. The van der Waals surface area contributed by atoms with E-state index in [1.54, 1.807) is 0 Å². The van der Waals surface area contributed by atoms with Gasteiger partial charge in [-0.05, 0) is 29.8 Å². The van der Waals surface area contributed by atoms with Crippen molar-refractivity contribution in [3.05, 3.63) is 60.2 Å². The van der Waals surface area contributed by atoms with Crippen LogP contribution in [0.4, 0.5) is 5.69 Å². The number of nitrogens with two attached hydrogens (primary N) is 1. The number of nitrogens with zero attached hydrogens (tertiary/aromatic N) is 1.